The van der Waals surface area contributed by atoms with Gasteiger partial charge in [0.05, 0.1) is 22.3 Å². The first-order chi connectivity index (χ1) is 12.5. The fourth-order valence-electron chi connectivity index (χ4n) is 3.04. The van der Waals surface area contributed by atoms with Gasteiger partial charge >= 0.3 is 0 Å². The SMILES string of the molecule is Cc1nnc2ccc(C(=O)NC3CN(c4ccc(Cl)cn4)C3)cc2c1C. The van der Waals surface area contributed by atoms with Crippen molar-refractivity contribution in [3.63, 3.8) is 0 Å². The zero-order chi connectivity index (χ0) is 18.3. The monoisotopic (exact) mass is 367 g/mol. The van der Waals surface area contributed by atoms with E-state index < -0.39 is 0 Å². The summed E-state index contributed by atoms with van der Waals surface area (Å²) in [5.74, 6) is 0.796. The number of hydrogen-bond acceptors (Lipinski definition) is 5. The van der Waals surface area contributed by atoms with E-state index in [1.165, 1.54) is 0 Å². The van der Waals surface area contributed by atoms with E-state index in [4.69, 9.17) is 11.6 Å². The molecule has 3 heterocycles. The van der Waals surface area contributed by atoms with Crippen LogP contribution in [-0.2, 0) is 0 Å². The highest BCUT2D eigenvalue weighted by atomic mass is 35.5. The van der Waals surface area contributed by atoms with E-state index in [9.17, 15) is 4.79 Å². The zero-order valence-electron chi connectivity index (χ0n) is 14.5. The molecule has 26 heavy (non-hydrogen) atoms. The molecule has 0 saturated carbocycles. The molecule has 1 N–H and O–H groups in total. The lowest BCUT2D eigenvalue weighted by molar-refractivity contribution is 0.0930. The van der Waals surface area contributed by atoms with Crippen molar-refractivity contribution in [2.45, 2.75) is 19.9 Å². The number of amides is 1. The van der Waals surface area contributed by atoms with Gasteiger partial charge in [-0.3, -0.25) is 4.79 Å². The maximum Gasteiger partial charge on any atom is 0.251 e. The van der Waals surface area contributed by atoms with Crippen molar-refractivity contribution in [1.29, 1.82) is 0 Å². The van der Waals surface area contributed by atoms with Gasteiger partial charge in [0.2, 0.25) is 0 Å². The molecular weight excluding hydrogens is 350 g/mol. The minimum absolute atomic E-state index is 0.0746. The molecule has 0 unspecified atom stereocenters. The molecule has 1 fully saturated rings. The summed E-state index contributed by atoms with van der Waals surface area (Å²) in [6, 6.07) is 9.33. The Bertz CT molecular complexity index is 983. The average Bonchev–Trinajstić information content (AvgIpc) is 2.61. The van der Waals surface area contributed by atoms with Crippen LogP contribution in [0.5, 0.6) is 0 Å². The van der Waals surface area contributed by atoms with E-state index in [2.05, 4.69) is 25.4 Å². The van der Waals surface area contributed by atoms with Gasteiger partial charge in [0.25, 0.3) is 5.91 Å². The molecule has 1 aromatic carbocycles. The lowest BCUT2D eigenvalue weighted by Crippen LogP contribution is -2.59. The van der Waals surface area contributed by atoms with Crippen LogP contribution in [0.15, 0.2) is 36.5 Å². The smallest absolute Gasteiger partial charge is 0.251 e. The Morgan fingerprint density at radius 3 is 2.73 bits per heavy atom. The summed E-state index contributed by atoms with van der Waals surface area (Å²) in [6.45, 7) is 5.38. The third-order valence-corrected chi connectivity index (χ3v) is 4.99. The Hall–Kier alpha value is -2.73. The molecule has 6 nitrogen and oxygen atoms in total. The molecule has 7 heteroatoms. The van der Waals surface area contributed by atoms with Gasteiger partial charge in [0, 0.05) is 30.2 Å². The summed E-state index contributed by atoms with van der Waals surface area (Å²) in [5.41, 5.74) is 3.36. The van der Waals surface area contributed by atoms with Crippen LogP contribution >= 0.6 is 11.6 Å². The summed E-state index contributed by atoms with van der Waals surface area (Å²) >= 11 is 5.86. The standard InChI is InChI=1S/C19H18ClN5O/c1-11-12(2)23-24-17-5-3-13(7-16(11)17)19(26)22-15-9-25(10-15)18-6-4-14(20)8-21-18/h3-8,15H,9-10H2,1-2H3,(H,22,26). The summed E-state index contributed by atoms with van der Waals surface area (Å²) in [5, 5.41) is 13.0. The van der Waals surface area contributed by atoms with E-state index in [1.807, 2.05) is 38.1 Å². The quantitative estimate of drug-likeness (QED) is 0.770. The molecule has 1 aliphatic heterocycles. The van der Waals surface area contributed by atoms with Crippen LogP contribution in [0.4, 0.5) is 5.82 Å². The minimum Gasteiger partial charge on any atom is -0.352 e. The van der Waals surface area contributed by atoms with E-state index in [0.717, 1.165) is 41.1 Å². The van der Waals surface area contributed by atoms with Crippen LogP contribution in [0.2, 0.25) is 5.02 Å². The molecule has 132 valence electrons. The number of rotatable bonds is 3. The van der Waals surface area contributed by atoms with Crippen LogP contribution in [0.25, 0.3) is 10.9 Å². The molecule has 3 aromatic rings. The molecule has 4 rings (SSSR count). The summed E-state index contributed by atoms with van der Waals surface area (Å²) in [7, 11) is 0. The average molecular weight is 368 g/mol. The van der Waals surface area contributed by atoms with E-state index in [-0.39, 0.29) is 11.9 Å². The van der Waals surface area contributed by atoms with Crippen molar-refractivity contribution in [2.75, 3.05) is 18.0 Å². The van der Waals surface area contributed by atoms with Crippen LogP contribution in [-0.4, -0.2) is 40.2 Å². The zero-order valence-corrected chi connectivity index (χ0v) is 15.3. The molecule has 0 bridgehead atoms. The van der Waals surface area contributed by atoms with Gasteiger partial charge in [-0.15, -0.1) is 0 Å². The number of nitrogens with one attached hydrogen (secondary N) is 1. The third-order valence-electron chi connectivity index (χ3n) is 4.77. The van der Waals surface area contributed by atoms with Gasteiger partial charge in [-0.1, -0.05) is 11.6 Å². The highest BCUT2D eigenvalue weighted by molar-refractivity contribution is 6.30. The molecule has 0 atom stereocenters. The Balaban J connectivity index is 1.44. The van der Waals surface area contributed by atoms with Gasteiger partial charge < -0.3 is 10.2 Å². The van der Waals surface area contributed by atoms with Crippen molar-refractivity contribution in [3.05, 3.63) is 58.4 Å². The Morgan fingerprint density at radius 1 is 1.19 bits per heavy atom. The van der Waals surface area contributed by atoms with Crippen LogP contribution in [0.1, 0.15) is 21.6 Å². The molecule has 1 saturated heterocycles. The summed E-state index contributed by atoms with van der Waals surface area (Å²) in [6.07, 6.45) is 1.63. The van der Waals surface area contributed by atoms with Gasteiger partial charge in [-0.05, 0) is 49.7 Å². The second kappa shape index (κ2) is 6.53. The normalized spacial score (nSPS) is 14.3. The van der Waals surface area contributed by atoms with Crippen LogP contribution in [0, 0.1) is 13.8 Å². The number of hydrogen-bond donors (Lipinski definition) is 1. The van der Waals surface area contributed by atoms with Crippen molar-refractivity contribution in [3.8, 4) is 0 Å². The second-order valence-electron chi connectivity index (χ2n) is 6.55. The van der Waals surface area contributed by atoms with Crippen LogP contribution in [0.3, 0.4) is 0 Å². The Morgan fingerprint density at radius 2 is 2.00 bits per heavy atom. The van der Waals surface area contributed by atoms with Crippen molar-refractivity contribution >= 4 is 34.2 Å². The number of anilines is 1. The summed E-state index contributed by atoms with van der Waals surface area (Å²) in [4.78, 5) is 19.0. The minimum atomic E-state index is -0.0746. The second-order valence-corrected chi connectivity index (χ2v) is 6.99. The molecule has 2 aromatic heterocycles. The van der Waals surface area contributed by atoms with Gasteiger partial charge in [-0.2, -0.15) is 10.2 Å². The van der Waals surface area contributed by atoms with Crippen molar-refractivity contribution in [2.24, 2.45) is 0 Å². The molecule has 1 amide bonds. The number of fused-ring (bicyclic) bond motifs is 1. The largest absolute Gasteiger partial charge is 0.352 e. The topological polar surface area (TPSA) is 71.0 Å². The number of aromatic nitrogens is 3. The fourth-order valence-corrected chi connectivity index (χ4v) is 3.16. The van der Waals surface area contributed by atoms with Gasteiger partial charge in [-0.25, -0.2) is 4.98 Å². The van der Waals surface area contributed by atoms with Gasteiger partial charge in [0.15, 0.2) is 0 Å². The molecule has 1 aliphatic rings. The van der Waals surface area contributed by atoms with E-state index >= 15 is 0 Å². The summed E-state index contributed by atoms with van der Waals surface area (Å²) < 4.78 is 0. The Kier molecular flexibility index (Phi) is 4.20. The molecule has 0 radical (unpaired) electrons. The number of aryl methyl sites for hydroxylation is 2. The Labute approximate surface area is 156 Å². The predicted molar refractivity (Wildman–Crippen MR) is 102 cm³/mol. The number of benzene rings is 1. The highest BCUT2D eigenvalue weighted by Crippen LogP contribution is 2.22. The number of carbonyl (C=O) groups excluding carboxylic acids is 1. The fraction of sp³-hybridized carbons (Fsp3) is 0.263. The number of carbonyl (C=O) groups is 1. The number of halogens is 1. The molecular formula is C19H18ClN5O. The lowest BCUT2D eigenvalue weighted by atomic mass is 10.0. The first kappa shape index (κ1) is 16.7. The molecule has 0 aliphatic carbocycles. The molecule has 0 spiro atoms. The van der Waals surface area contributed by atoms with Crippen molar-refractivity contribution in [1.82, 2.24) is 20.5 Å². The number of nitrogens with zero attached hydrogens (tertiary/aromatic N) is 4. The maximum atomic E-state index is 12.6. The first-order valence-corrected chi connectivity index (χ1v) is 8.80. The maximum absolute atomic E-state index is 12.6. The highest BCUT2D eigenvalue weighted by Gasteiger charge is 2.29. The number of pyridine rings is 1. The van der Waals surface area contributed by atoms with Crippen LogP contribution < -0.4 is 10.2 Å². The van der Waals surface area contributed by atoms with E-state index in [0.29, 0.717) is 10.6 Å². The lowest BCUT2D eigenvalue weighted by Gasteiger charge is -2.40. The first-order valence-electron chi connectivity index (χ1n) is 8.42. The predicted octanol–water partition coefficient (Wildman–Crippen LogP) is 2.91. The third kappa shape index (κ3) is 3.08. The van der Waals surface area contributed by atoms with Crippen molar-refractivity contribution < 1.29 is 4.79 Å². The van der Waals surface area contributed by atoms with E-state index in [1.54, 1.807) is 12.3 Å². The van der Waals surface area contributed by atoms with Gasteiger partial charge in [0.1, 0.15) is 5.82 Å².